The number of rotatable bonds is 4. The van der Waals surface area contributed by atoms with Crippen molar-refractivity contribution in [1.82, 2.24) is 5.32 Å². The number of hydrogen-bond acceptors (Lipinski definition) is 5. The standard InChI is InChI=1S/C15H20N2O4/c1-15(2,3)21-14(19)11-12(17-13(11)18)16-9-5-7-10(20-4)8-6-9/h5-8,11-12,16H,1-4H3,(H,17,18)/t11-,12-/m1/s1. The van der Waals surface area contributed by atoms with Gasteiger partial charge in [-0.3, -0.25) is 9.59 Å². The van der Waals surface area contributed by atoms with Crippen LogP contribution in [0.2, 0.25) is 0 Å². The van der Waals surface area contributed by atoms with Crippen LogP contribution in [-0.4, -0.2) is 30.8 Å². The lowest BCUT2D eigenvalue weighted by atomic mass is 9.96. The maximum absolute atomic E-state index is 12.0. The summed E-state index contributed by atoms with van der Waals surface area (Å²) in [5.41, 5.74) is 0.173. The number of esters is 1. The van der Waals surface area contributed by atoms with Gasteiger partial charge in [-0.15, -0.1) is 0 Å². The first kappa shape index (κ1) is 15.2. The lowest BCUT2D eigenvalue weighted by Crippen LogP contribution is -2.65. The summed E-state index contributed by atoms with van der Waals surface area (Å²) in [7, 11) is 1.59. The molecule has 2 N–H and O–H groups in total. The second-order valence-corrected chi connectivity index (χ2v) is 5.87. The van der Waals surface area contributed by atoms with Crippen molar-refractivity contribution in [1.29, 1.82) is 0 Å². The average Bonchev–Trinajstić information content (AvgIpc) is 2.36. The smallest absolute Gasteiger partial charge is 0.323 e. The van der Waals surface area contributed by atoms with E-state index in [9.17, 15) is 9.59 Å². The third-order valence-corrected chi connectivity index (χ3v) is 2.99. The van der Waals surface area contributed by atoms with Gasteiger partial charge >= 0.3 is 5.97 Å². The minimum atomic E-state index is -0.827. The number of nitrogens with one attached hydrogen (secondary N) is 2. The molecule has 1 saturated heterocycles. The number of hydrogen-bond donors (Lipinski definition) is 2. The molecule has 1 heterocycles. The van der Waals surface area contributed by atoms with E-state index in [4.69, 9.17) is 9.47 Å². The van der Waals surface area contributed by atoms with Crippen LogP contribution in [0.5, 0.6) is 5.75 Å². The first-order valence-corrected chi connectivity index (χ1v) is 6.74. The summed E-state index contributed by atoms with van der Waals surface area (Å²) in [4.78, 5) is 23.6. The van der Waals surface area contributed by atoms with Crippen molar-refractivity contribution in [2.75, 3.05) is 12.4 Å². The van der Waals surface area contributed by atoms with Crippen molar-refractivity contribution >= 4 is 17.6 Å². The molecule has 21 heavy (non-hydrogen) atoms. The highest BCUT2D eigenvalue weighted by Crippen LogP contribution is 2.23. The van der Waals surface area contributed by atoms with Gasteiger partial charge in [-0.05, 0) is 45.0 Å². The zero-order valence-corrected chi connectivity index (χ0v) is 12.6. The van der Waals surface area contributed by atoms with Gasteiger partial charge in [-0.25, -0.2) is 0 Å². The number of methoxy groups -OCH3 is 1. The van der Waals surface area contributed by atoms with E-state index in [0.29, 0.717) is 0 Å². The van der Waals surface area contributed by atoms with Crippen molar-refractivity contribution in [3.8, 4) is 5.75 Å². The molecule has 1 amide bonds. The van der Waals surface area contributed by atoms with Gasteiger partial charge in [0.25, 0.3) is 0 Å². The zero-order valence-electron chi connectivity index (χ0n) is 12.6. The molecule has 0 spiro atoms. The highest BCUT2D eigenvalue weighted by molar-refractivity contribution is 6.04. The number of carbonyl (C=O) groups is 2. The van der Waals surface area contributed by atoms with Crippen LogP contribution in [-0.2, 0) is 14.3 Å². The van der Waals surface area contributed by atoms with Crippen molar-refractivity contribution in [2.45, 2.75) is 32.5 Å². The maximum atomic E-state index is 12.0. The molecule has 114 valence electrons. The molecular weight excluding hydrogens is 272 g/mol. The average molecular weight is 292 g/mol. The SMILES string of the molecule is COc1ccc(N[C@@H]2NC(=O)[C@@H]2C(=O)OC(C)(C)C)cc1. The van der Waals surface area contributed by atoms with Gasteiger partial charge in [0.2, 0.25) is 5.91 Å². The van der Waals surface area contributed by atoms with Crippen molar-refractivity contribution in [3.05, 3.63) is 24.3 Å². The first-order chi connectivity index (χ1) is 9.80. The van der Waals surface area contributed by atoms with E-state index < -0.39 is 23.7 Å². The van der Waals surface area contributed by atoms with E-state index in [1.54, 1.807) is 40.0 Å². The van der Waals surface area contributed by atoms with Crippen molar-refractivity contribution in [2.24, 2.45) is 5.92 Å². The van der Waals surface area contributed by atoms with Crippen molar-refractivity contribution in [3.63, 3.8) is 0 Å². The third-order valence-electron chi connectivity index (χ3n) is 2.99. The van der Waals surface area contributed by atoms with Gasteiger partial charge in [0.1, 0.15) is 17.5 Å². The van der Waals surface area contributed by atoms with Crippen LogP contribution in [0.15, 0.2) is 24.3 Å². The van der Waals surface area contributed by atoms with Crippen LogP contribution in [0.4, 0.5) is 5.69 Å². The molecule has 0 saturated carbocycles. The minimum Gasteiger partial charge on any atom is -0.497 e. The number of benzene rings is 1. The van der Waals surface area contributed by atoms with Crippen LogP contribution in [0, 0.1) is 5.92 Å². The quantitative estimate of drug-likeness (QED) is 0.500. The second-order valence-electron chi connectivity index (χ2n) is 5.87. The Labute approximate surface area is 123 Å². The molecule has 0 aliphatic carbocycles. The number of amides is 1. The van der Waals surface area contributed by atoms with E-state index in [-0.39, 0.29) is 5.91 Å². The molecule has 0 aromatic heterocycles. The fourth-order valence-electron chi connectivity index (χ4n) is 1.98. The van der Waals surface area contributed by atoms with Crippen molar-refractivity contribution < 1.29 is 19.1 Å². The van der Waals surface area contributed by atoms with E-state index in [2.05, 4.69) is 10.6 Å². The van der Waals surface area contributed by atoms with E-state index in [0.717, 1.165) is 11.4 Å². The Balaban J connectivity index is 2.00. The molecule has 1 aromatic carbocycles. The number of anilines is 1. The maximum Gasteiger partial charge on any atom is 0.323 e. The summed E-state index contributed by atoms with van der Waals surface area (Å²) in [6, 6.07) is 7.22. The van der Waals surface area contributed by atoms with E-state index >= 15 is 0 Å². The summed E-state index contributed by atoms with van der Waals surface area (Å²) in [6.07, 6.45) is -0.458. The second kappa shape index (κ2) is 5.63. The number of ether oxygens (including phenoxy) is 2. The monoisotopic (exact) mass is 292 g/mol. The van der Waals surface area contributed by atoms with E-state index in [1.807, 2.05) is 12.1 Å². The van der Waals surface area contributed by atoms with Gasteiger partial charge in [0, 0.05) is 5.69 Å². The Bertz CT molecular complexity index is 534. The van der Waals surface area contributed by atoms with Crippen LogP contribution in [0.3, 0.4) is 0 Å². The fraction of sp³-hybridized carbons (Fsp3) is 0.467. The number of carbonyl (C=O) groups excluding carboxylic acids is 2. The molecule has 0 unspecified atom stereocenters. The topological polar surface area (TPSA) is 76.7 Å². The summed E-state index contributed by atoms with van der Waals surface area (Å²) in [6.45, 7) is 5.31. The molecule has 0 radical (unpaired) electrons. The molecule has 0 bridgehead atoms. The zero-order chi connectivity index (χ0) is 15.6. The van der Waals surface area contributed by atoms with Crippen LogP contribution in [0.1, 0.15) is 20.8 Å². The third kappa shape index (κ3) is 3.65. The predicted octanol–water partition coefficient (Wildman–Crippen LogP) is 1.52. The normalized spacial score (nSPS) is 21.0. The Kier molecular flexibility index (Phi) is 4.06. The van der Waals surface area contributed by atoms with Gasteiger partial charge in [0.05, 0.1) is 7.11 Å². The lowest BCUT2D eigenvalue weighted by molar-refractivity contribution is -0.168. The van der Waals surface area contributed by atoms with E-state index in [1.165, 1.54) is 0 Å². The predicted molar refractivity (Wildman–Crippen MR) is 77.9 cm³/mol. The van der Waals surface area contributed by atoms with Crippen LogP contribution >= 0.6 is 0 Å². The molecule has 6 nitrogen and oxygen atoms in total. The Morgan fingerprint density at radius 3 is 2.33 bits per heavy atom. The highest BCUT2D eigenvalue weighted by atomic mass is 16.6. The minimum absolute atomic E-state index is 0.324. The molecule has 1 aliphatic rings. The Morgan fingerprint density at radius 2 is 1.86 bits per heavy atom. The molecule has 1 aliphatic heterocycles. The summed E-state index contributed by atoms with van der Waals surface area (Å²) >= 11 is 0. The van der Waals surface area contributed by atoms with Crippen LogP contribution < -0.4 is 15.4 Å². The molecular formula is C15H20N2O4. The lowest BCUT2D eigenvalue weighted by Gasteiger charge is -2.37. The summed E-state index contributed by atoms with van der Waals surface area (Å²) in [5, 5.41) is 5.74. The van der Waals surface area contributed by atoms with Gasteiger partial charge in [-0.2, -0.15) is 0 Å². The van der Waals surface area contributed by atoms with Gasteiger partial charge < -0.3 is 20.1 Å². The molecule has 2 atom stereocenters. The molecule has 1 fully saturated rings. The van der Waals surface area contributed by atoms with Crippen LogP contribution in [0.25, 0.3) is 0 Å². The summed E-state index contributed by atoms with van der Waals surface area (Å²) < 4.78 is 10.3. The molecule has 6 heteroatoms. The molecule has 1 aromatic rings. The fourth-order valence-corrected chi connectivity index (χ4v) is 1.98. The largest absolute Gasteiger partial charge is 0.497 e. The first-order valence-electron chi connectivity index (χ1n) is 6.74. The Morgan fingerprint density at radius 1 is 1.24 bits per heavy atom. The Hall–Kier alpha value is -2.24. The van der Waals surface area contributed by atoms with Gasteiger partial charge in [-0.1, -0.05) is 0 Å². The molecule has 2 rings (SSSR count). The highest BCUT2D eigenvalue weighted by Gasteiger charge is 2.47. The summed E-state index contributed by atoms with van der Waals surface area (Å²) in [5.74, 6) is -0.930. The van der Waals surface area contributed by atoms with Gasteiger partial charge in [0.15, 0.2) is 5.92 Å². The number of β-lactam (4-membered cyclic amide) rings is 1.